The smallest absolute Gasteiger partial charge is 0.143 e. The zero-order valence-electron chi connectivity index (χ0n) is 15.8. The summed E-state index contributed by atoms with van der Waals surface area (Å²) in [6.07, 6.45) is 3.48. The second-order valence-corrected chi connectivity index (χ2v) is 6.94. The number of ether oxygens (including phenoxy) is 1. The Kier molecular flexibility index (Phi) is 7.12. The molecule has 0 bridgehead atoms. The van der Waals surface area contributed by atoms with Crippen LogP contribution in [0.1, 0.15) is 37.3 Å². The molecule has 28 heavy (non-hydrogen) atoms. The van der Waals surface area contributed by atoms with Gasteiger partial charge in [0.15, 0.2) is 0 Å². The Bertz CT molecular complexity index is 966. The Morgan fingerprint density at radius 2 is 1.43 bits per heavy atom. The molecule has 142 valence electrons. The molecule has 0 unspecified atom stereocenters. The lowest BCUT2D eigenvalue weighted by atomic mass is 10.0. The third-order valence-corrected chi connectivity index (χ3v) is 4.67. The lowest BCUT2D eigenvalue weighted by molar-refractivity contribution is 0.306. The van der Waals surface area contributed by atoms with Crippen LogP contribution in [0.2, 0.25) is 5.02 Å². The molecule has 0 saturated heterocycles. The van der Waals surface area contributed by atoms with Crippen molar-refractivity contribution in [3.63, 3.8) is 0 Å². The summed E-state index contributed by atoms with van der Waals surface area (Å²) in [6.45, 7) is 2.95. The van der Waals surface area contributed by atoms with Crippen LogP contribution in [0.5, 0.6) is 5.75 Å². The first-order valence-corrected chi connectivity index (χ1v) is 9.84. The number of halogens is 2. The lowest BCUT2D eigenvalue weighted by Crippen LogP contribution is -1.96. The highest BCUT2D eigenvalue weighted by Crippen LogP contribution is 2.23. The standard InChI is InChI=1S/C25H22ClFO/c1-2-3-4-17-28-23-14-12-22(13-15-23)21-10-7-19(8-11-21)5-6-20-9-16-24(26)25(27)18-20/h7-16,18H,2-4,17H2,1H3. The Morgan fingerprint density at radius 3 is 2.07 bits per heavy atom. The van der Waals surface area contributed by atoms with Gasteiger partial charge in [-0.15, -0.1) is 0 Å². The summed E-state index contributed by atoms with van der Waals surface area (Å²) in [4.78, 5) is 0. The molecule has 0 spiro atoms. The summed E-state index contributed by atoms with van der Waals surface area (Å²) >= 11 is 5.69. The number of unbranched alkanes of at least 4 members (excludes halogenated alkanes) is 2. The molecule has 0 heterocycles. The Balaban J connectivity index is 1.64. The van der Waals surface area contributed by atoms with Crippen LogP contribution in [0, 0.1) is 17.7 Å². The summed E-state index contributed by atoms with van der Waals surface area (Å²) in [5, 5.41) is 0.104. The predicted molar refractivity (Wildman–Crippen MR) is 114 cm³/mol. The quantitative estimate of drug-likeness (QED) is 0.320. The SMILES string of the molecule is CCCCCOc1ccc(-c2ccc(C#Cc3ccc(Cl)c(F)c3)cc2)cc1. The van der Waals surface area contributed by atoms with Crippen molar-refractivity contribution in [2.45, 2.75) is 26.2 Å². The minimum Gasteiger partial charge on any atom is -0.494 e. The van der Waals surface area contributed by atoms with Crippen LogP contribution in [-0.2, 0) is 0 Å². The lowest BCUT2D eigenvalue weighted by Gasteiger charge is -2.07. The van der Waals surface area contributed by atoms with E-state index in [-0.39, 0.29) is 5.02 Å². The summed E-state index contributed by atoms with van der Waals surface area (Å²) in [5.74, 6) is 6.45. The number of benzene rings is 3. The number of hydrogen-bond acceptors (Lipinski definition) is 1. The van der Waals surface area contributed by atoms with Crippen LogP contribution in [0.3, 0.4) is 0 Å². The molecule has 3 aromatic carbocycles. The van der Waals surface area contributed by atoms with E-state index in [4.69, 9.17) is 16.3 Å². The Hall–Kier alpha value is -2.76. The van der Waals surface area contributed by atoms with Gasteiger partial charge in [-0.1, -0.05) is 67.5 Å². The molecule has 0 fully saturated rings. The molecule has 3 rings (SSSR count). The normalized spacial score (nSPS) is 10.2. The van der Waals surface area contributed by atoms with Crippen LogP contribution < -0.4 is 4.74 Å². The summed E-state index contributed by atoms with van der Waals surface area (Å²) in [5.41, 5.74) is 3.70. The minimum absolute atomic E-state index is 0.104. The van der Waals surface area contributed by atoms with E-state index in [9.17, 15) is 4.39 Å². The molecule has 0 N–H and O–H groups in total. The van der Waals surface area contributed by atoms with Crippen molar-refractivity contribution in [1.29, 1.82) is 0 Å². The van der Waals surface area contributed by atoms with Gasteiger partial charge >= 0.3 is 0 Å². The first-order chi connectivity index (χ1) is 13.7. The zero-order valence-corrected chi connectivity index (χ0v) is 16.6. The van der Waals surface area contributed by atoms with Gasteiger partial charge in [0.1, 0.15) is 11.6 Å². The molecular formula is C25H22ClFO. The van der Waals surface area contributed by atoms with Gasteiger partial charge in [-0.25, -0.2) is 4.39 Å². The van der Waals surface area contributed by atoms with Gasteiger partial charge < -0.3 is 4.74 Å². The van der Waals surface area contributed by atoms with Crippen LogP contribution >= 0.6 is 11.6 Å². The maximum atomic E-state index is 13.5. The van der Waals surface area contributed by atoms with Crippen LogP contribution in [0.4, 0.5) is 4.39 Å². The predicted octanol–water partition coefficient (Wildman–Crippen LogP) is 7.11. The van der Waals surface area contributed by atoms with Gasteiger partial charge in [-0.3, -0.25) is 0 Å². The topological polar surface area (TPSA) is 9.23 Å². The molecule has 1 nitrogen and oxygen atoms in total. The van der Waals surface area contributed by atoms with Crippen molar-refractivity contribution >= 4 is 11.6 Å². The fourth-order valence-electron chi connectivity index (χ4n) is 2.75. The average Bonchev–Trinajstić information content (AvgIpc) is 2.73. The highest BCUT2D eigenvalue weighted by atomic mass is 35.5. The molecule has 0 atom stereocenters. The summed E-state index contributed by atoms with van der Waals surface area (Å²) in [7, 11) is 0. The molecule has 3 aromatic rings. The van der Waals surface area contributed by atoms with E-state index in [1.54, 1.807) is 6.07 Å². The third kappa shape index (κ3) is 5.62. The summed E-state index contributed by atoms with van der Waals surface area (Å²) < 4.78 is 19.2. The Morgan fingerprint density at radius 1 is 0.821 bits per heavy atom. The maximum Gasteiger partial charge on any atom is 0.143 e. The van der Waals surface area contributed by atoms with Crippen molar-refractivity contribution in [1.82, 2.24) is 0 Å². The molecule has 0 radical (unpaired) electrons. The summed E-state index contributed by atoms with van der Waals surface area (Å²) in [6, 6.07) is 20.7. The maximum absolute atomic E-state index is 13.5. The van der Waals surface area contributed by atoms with Gasteiger partial charge in [-0.05, 0) is 60.0 Å². The van der Waals surface area contributed by atoms with Gasteiger partial charge in [0, 0.05) is 11.1 Å². The highest BCUT2D eigenvalue weighted by molar-refractivity contribution is 6.30. The first-order valence-electron chi connectivity index (χ1n) is 9.46. The van der Waals surface area contributed by atoms with E-state index in [2.05, 4.69) is 30.9 Å². The number of rotatable bonds is 6. The molecular weight excluding hydrogens is 371 g/mol. The molecule has 0 saturated carbocycles. The molecule has 0 aromatic heterocycles. The average molecular weight is 393 g/mol. The second kappa shape index (κ2) is 9.97. The van der Waals surface area contributed by atoms with E-state index in [1.807, 2.05) is 36.4 Å². The zero-order chi connectivity index (χ0) is 19.8. The van der Waals surface area contributed by atoms with Gasteiger partial charge in [0.2, 0.25) is 0 Å². The Labute approximate surface area is 171 Å². The van der Waals surface area contributed by atoms with Crippen LogP contribution in [-0.4, -0.2) is 6.61 Å². The number of hydrogen-bond donors (Lipinski definition) is 0. The molecule has 0 aliphatic heterocycles. The third-order valence-electron chi connectivity index (χ3n) is 4.36. The fraction of sp³-hybridized carbons (Fsp3) is 0.200. The van der Waals surface area contributed by atoms with Crippen molar-refractivity contribution < 1.29 is 9.13 Å². The molecule has 0 aliphatic rings. The van der Waals surface area contributed by atoms with Gasteiger partial charge in [0.05, 0.1) is 11.6 Å². The minimum atomic E-state index is -0.457. The van der Waals surface area contributed by atoms with Crippen molar-refractivity contribution in [3.05, 3.63) is 88.7 Å². The highest BCUT2D eigenvalue weighted by Gasteiger charge is 2.00. The monoisotopic (exact) mass is 392 g/mol. The molecule has 0 amide bonds. The van der Waals surface area contributed by atoms with Gasteiger partial charge in [0.25, 0.3) is 0 Å². The van der Waals surface area contributed by atoms with Gasteiger partial charge in [-0.2, -0.15) is 0 Å². The second-order valence-electron chi connectivity index (χ2n) is 6.54. The first kappa shape index (κ1) is 20.0. The van der Waals surface area contributed by atoms with E-state index in [0.717, 1.165) is 35.5 Å². The molecule has 0 aliphatic carbocycles. The van der Waals surface area contributed by atoms with E-state index in [0.29, 0.717) is 5.56 Å². The largest absolute Gasteiger partial charge is 0.494 e. The van der Waals surface area contributed by atoms with Crippen LogP contribution in [0.25, 0.3) is 11.1 Å². The molecule has 3 heteroatoms. The van der Waals surface area contributed by atoms with E-state index in [1.165, 1.54) is 25.0 Å². The fourth-order valence-corrected chi connectivity index (χ4v) is 2.87. The van der Waals surface area contributed by atoms with Crippen molar-refractivity contribution in [2.75, 3.05) is 6.61 Å². The van der Waals surface area contributed by atoms with Crippen LogP contribution in [0.15, 0.2) is 66.7 Å². The van der Waals surface area contributed by atoms with Crippen molar-refractivity contribution in [2.24, 2.45) is 0 Å². The van der Waals surface area contributed by atoms with E-state index < -0.39 is 5.82 Å². The van der Waals surface area contributed by atoms with E-state index >= 15 is 0 Å². The van der Waals surface area contributed by atoms with Crippen molar-refractivity contribution in [3.8, 4) is 28.7 Å².